The molecule has 0 aromatic carbocycles. The zero-order valence-electron chi connectivity index (χ0n) is 13.1. The van der Waals surface area contributed by atoms with Crippen molar-refractivity contribution >= 4 is 5.91 Å². The number of aryl methyl sites for hydroxylation is 1. The lowest BCUT2D eigenvalue weighted by molar-refractivity contribution is 0.0389. The molecular formula is C16H21N3O4. The normalized spacial score (nSPS) is 19.2. The number of furan rings is 1. The topological polar surface area (TPSA) is 83.0 Å². The number of aromatic nitrogens is 1. The van der Waals surface area contributed by atoms with Crippen molar-refractivity contribution in [3.05, 3.63) is 42.0 Å². The Kier molecular flexibility index (Phi) is 4.78. The van der Waals surface area contributed by atoms with Crippen molar-refractivity contribution < 1.29 is 18.7 Å². The van der Waals surface area contributed by atoms with E-state index in [1.54, 1.807) is 24.3 Å². The van der Waals surface area contributed by atoms with Gasteiger partial charge in [0, 0.05) is 44.4 Å². The van der Waals surface area contributed by atoms with Gasteiger partial charge in [-0.3, -0.25) is 9.69 Å². The van der Waals surface area contributed by atoms with Crippen LogP contribution in [0.15, 0.2) is 33.8 Å². The summed E-state index contributed by atoms with van der Waals surface area (Å²) in [6.07, 6.45) is 5.30. The molecule has 0 unspecified atom stereocenters. The molecule has 3 heterocycles. The number of hydrogen-bond donors (Lipinski definition) is 1. The third kappa shape index (κ3) is 3.46. The highest BCUT2D eigenvalue weighted by atomic mass is 16.3. The summed E-state index contributed by atoms with van der Waals surface area (Å²) in [4.78, 5) is 20.6. The van der Waals surface area contributed by atoms with E-state index in [2.05, 4.69) is 9.88 Å². The second-order valence-corrected chi connectivity index (χ2v) is 5.78. The van der Waals surface area contributed by atoms with E-state index in [1.807, 2.05) is 6.07 Å². The van der Waals surface area contributed by atoms with Gasteiger partial charge in [0.15, 0.2) is 12.1 Å². The van der Waals surface area contributed by atoms with Crippen LogP contribution in [0.2, 0.25) is 0 Å². The highest BCUT2D eigenvalue weighted by molar-refractivity contribution is 5.93. The molecule has 2 aromatic rings. The van der Waals surface area contributed by atoms with Crippen molar-refractivity contribution in [1.29, 1.82) is 0 Å². The molecule has 0 aliphatic carbocycles. The maximum absolute atomic E-state index is 12.6. The minimum absolute atomic E-state index is 0.0948. The van der Waals surface area contributed by atoms with Gasteiger partial charge >= 0.3 is 0 Å². The number of nitrogens with zero attached hydrogens (tertiary/aromatic N) is 3. The van der Waals surface area contributed by atoms with Crippen molar-refractivity contribution in [3.63, 3.8) is 0 Å². The van der Waals surface area contributed by atoms with Crippen LogP contribution < -0.4 is 0 Å². The summed E-state index contributed by atoms with van der Waals surface area (Å²) in [7, 11) is 0. The summed E-state index contributed by atoms with van der Waals surface area (Å²) in [5, 5.41) is 9.34. The predicted molar refractivity (Wildman–Crippen MR) is 81.8 cm³/mol. The zero-order chi connectivity index (χ0) is 16.2. The summed E-state index contributed by atoms with van der Waals surface area (Å²) in [5.74, 6) is 0.427. The van der Waals surface area contributed by atoms with Crippen molar-refractivity contribution in [2.24, 2.45) is 0 Å². The Morgan fingerprint density at radius 1 is 1.48 bits per heavy atom. The van der Waals surface area contributed by atoms with Crippen molar-refractivity contribution in [1.82, 2.24) is 14.8 Å². The molecule has 0 bridgehead atoms. The molecule has 1 aliphatic heterocycles. The molecule has 7 nitrogen and oxygen atoms in total. The number of amides is 1. The molecule has 1 N–H and O–H groups in total. The minimum Gasteiger partial charge on any atom is -0.472 e. The Hall–Kier alpha value is -2.12. The van der Waals surface area contributed by atoms with Crippen LogP contribution in [0.25, 0.3) is 0 Å². The van der Waals surface area contributed by atoms with Gasteiger partial charge in [0.25, 0.3) is 5.91 Å². The van der Waals surface area contributed by atoms with Crippen LogP contribution in [0.4, 0.5) is 0 Å². The van der Waals surface area contributed by atoms with Gasteiger partial charge in [-0.15, -0.1) is 0 Å². The van der Waals surface area contributed by atoms with Gasteiger partial charge in [-0.05, 0) is 19.4 Å². The van der Waals surface area contributed by atoms with E-state index in [4.69, 9.17) is 8.83 Å². The molecule has 1 fully saturated rings. The second-order valence-electron chi connectivity index (χ2n) is 5.78. The van der Waals surface area contributed by atoms with Crippen LogP contribution in [-0.4, -0.2) is 58.1 Å². The molecule has 2 aromatic heterocycles. The minimum atomic E-state index is -0.109. The number of carbonyl (C=O) groups is 1. The Morgan fingerprint density at radius 2 is 2.35 bits per heavy atom. The number of aliphatic hydroxyl groups is 1. The largest absolute Gasteiger partial charge is 0.472 e. The molecular weight excluding hydrogens is 298 g/mol. The molecule has 1 atom stereocenters. The molecule has 7 heteroatoms. The first-order chi connectivity index (χ1) is 11.2. The van der Waals surface area contributed by atoms with Crippen LogP contribution >= 0.6 is 0 Å². The molecule has 124 valence electrons. The van der Waals surface area contributed by atoms with E-state index in [1.165, 1.54) is 6.39 Å². The zero-order valence-corrected chi connectivity index (χ0v) is 13.1. The van der Waals surface area contributed by atoms with Crippen molar-refractivity contribution in [2.75, 3.05) is 26.2 Å². The Bertz CT molecular complexity index is 638. The van der Waals surface area contributed by atoms with Gasteiger partial charge in [0.05, 0.1) is 12.5 Å². The van der Waals surface area contributed by atoms with E-state index in [0.29, 0.717) is 31.0 Å². The number of oxazole rings is 1. The SMILES string of the molecule is Cc1ocnc1C(=O)N1CCN(Cc2ccoc2)[C@H](CCO)C1. The van der Waals surface area contributed by atoms with Gasteiger partial charge in [-0.1, -0.05) is 0 Å². The molecule has 0 spiro atoms. The van der Waals surface area contributed by atoms with Crippen LogP contribution in [0.5, 0.6) is 0 Å². The first kappa shape index (κ1) is 15.8. The third-order valence-corrected chi connectivity index (χ3v) is 4.27. The smallest absolute Gasteiger partial charge is 0.276 e. The molecule has 23 heavy (non-hydrogen) atoms. The molecule has 1 saturated heterocycles. The Morgan fingerprint density at radius 3 is 3.00 bits per heavy atom. The molecule has 1 amide bonds. The Balaban J connectivity index is 1.68. The maximum Gasteiger partial charge on any atom is 0.276 e. The summed E-state index contributed by atoms with van der Waals surface area (Å²) < 4.78 is 10.2. The van der Waals surface area contributed by atoms with E-state index in [0.717, 1.165) is 18.7 Å². The lowest BCUT2D eigenvalue weighted by atomic mass is 10.1. The molecule has 3 rings (SSSR count). The lowest BCUT2D eigenvalue weighted by Crippen LogP contribution is -2.54. The quantitative estimate of drug-likeness (QED) is 0.894. The number of carbonyl (C=O) groups excluding carboxylic acids is 1. The summed E-state index contributed by atoms with van der Waals surface area (Å²) in [6.45, 7) is 4.54. The van der Waals surface area contributed by atoms with Gasteiger partial charge in [0.1, 0.15) is 5.76 Å². The van der Waals surface area contributed by atoms with Crippen molar-refractivity contribution in [2.45, 2.75) is 25.9 Å². The van der Waals surface area contributed by atoms with Crippen LogP contribution in [0, 0.1) is 6.92 Å². The van der Waals surface area contributed by atoms with E-state index in [-0.39, 0.29) is 18.6 Å². The average Bonchev–Trinajstić information content (AvgIpc) is 3.20. The molecule has 1 aliphatic rings. The lowest BCUT2D eigenvalue weighted by Gasteiger charge is -2.41. The average molecular weight is 319 g/mol. The van der Waals surface area contributed by atoms with E-state index >= 15 is 0 Å². The van der Waals surface area contributed by atoms with Crippen LogP contribution in [-0.2, 0) is 6.54 Å². The van der Waals surface area contributed by atoms with Gasteiger partial charge < -0.3 is 18.8 Å². The number of piperazine rings is 1. The number of rotatable bonds is 5. The van der Waals surface area contributed by atoms with Gasteiger partial charge in [-0.2, -0.15) is 0 Å². The summed E-state index contributed by atoms with van der Waals surface area (Å²) >= 11 is 0. The summed E-state index contributed by atoms with van der Waals surface area (Å²) in [6, 6.07) is 2.05. The summed E-state index contributed by atoms with van der Waals surface area (Å²) in [5.41, 5.74) is 1.47. The number of hydrogen-bond acceptors (Lipinski definition) is 6. The highest BCUT2D eigenvalue weighted by Gasteiger charge is 2.31. The molecule has 0 radical (unpaired) electrons. The Labute approximate surface area is 134 Å². The van der Waals surface area contributed by atoms with E-state index in [9.17, 15) is 9.90 Å². The maximum atomic E-state index is 12.6. The van der Waals surface area contributed by atoms with Crippen LogP contribution in [0.3, 0.4) is 0 Å². The van der Waals surface area contributed by atoms with Crippen LogP contribution in [0.1, 0.15) is 28.2 Å². The first-order valence-corrected chi connectivity index (χ1v) is 7.74. The van der Waals surface area contributed by atoms with Gasteiger partial charge in [-0.25, -0.2) is 4.98 Å². The van der Waals surface area contributed by atoms with Crippen molar-refractivity contribution in [3.8, 4) is 0 Å². The fraction of sp³-hybridized carbons (Fsp3) is 0.500. The first-order valence-electron chi connectivity index (χ1n) is 7.74. The predicted octanol–water partition coefficient (Wildman–Crippen LogP) is 1.29. The highest BCUT2D eigenvalue weighted by Crippen LogP contribution is 2.19. The third-order valence-electron chi connectivity index (χ3n) is 4.27. The standard InChI is InChI=1S/C16H21N3O4/c1-12-15(17-11-23-12)16(21)19-5-4-18(14(9-19)2-6-20)8-13-3-7-22-10-13/h3,7,10-11,14,20H,2,4-6,8-9H2,1H3/t14-/m1/s1. The number of aliphatic hydroxyl groups excluding tert-OH is 1. The second kappa shape index (κ2) is 6.97. The fourth-order valence-corrected chi connectivity index (χ4v) is 2.99. The monoisotopic (exact) mass is 319 g/mol. The van der Waals surface area contributed by atoms with E-state index < -0.39 is 0 Å². The molecule has 0 saturated carbocycles. The van der Waals surface area contributed by atoms with Gasteiger partial charge in [0.2, 0.25) is 0 Å². The fourth-order valence-electron chi connectivity index (χ4n) is 2.99.